The monoisotopic (exact) mass is 345 g/mol. The van der Waals surface area contributed by atoms with Crippen molar-refractivity contribution < 1.29 is 14.7 Å². The highest BCUT2D eigenvalue weighted by molar-refractivity contribution is 7.13. The molecule has 2 aromatic rings. The molecule has 3 heterocycles. The van der Waals surface area contributed by atoms with Crippen LogP contribution in [0, 0.1) is 5.92 Å². The van der Waals surface area contributed by atoms with E-state index in [0.717, 1.165) is 36.3 Å². The van der Waals surface area contributed by atoms with Crippen molar-refractivity contribution in [1.82, 2.24) is 15.1 Å². The number of carboxylic acids is 1. The van der Waals surface area contributed by atoms with E-state index in [0.29, 0.717) is 18.0 Å². The molecule has 0 bridgehead atoms. The van der Waals surface area contributed by atoms with Crippen LogP contribution >= 0.6 is 11.3 Å². The van der Waals surface area contributed by atoms with Crippen molar-refractivity contribution in [2.45, 2.75) is 44.2 Å². The molecular formula is C17H19N3O3S. The van der Waals surface area contributed by atoms with Crippen molar-refractivity contribution in [1.29, 1.82) is 0 Å². The maximum atomic E-state index is 13.0. The van der Waals surface area contributed by atoms with E-state index in [4.69, 9.17) is 0 Å². The van der Waals surface area contributed by atoms with Crippen LogP contribution in [-0.2, 0) is 4.79 Å². The van der Waals surface area contributed by atoms with E-state index in [1.807, 2.05) is 17.5 Å². The largest absolute Gasteiger partial charge is 0.480 e. The number of aliphatic carboxylic acids is 1. The van der Waals surface area contributed by atoms with Gasteiger partial charge in [-0.25, -0.2) is 4.79 Å². The van der Waals surface area contributed by atoms with Gasteiger partial charge in [-0.1, -0.05) is 18.9 Å². The molecule has 1 aliphatic heterocycles. The first-order chi connectivity index (χ1) is 11.6. The molecule has 2 fully saturated rings. The Morgan fingerprint density at radius 2 is 2.17 bits per heavy atom. The lowest BCUT2D eigenvalue weighted by atomic mass is 9.84. The number of nitrogens with one attached hydrogen (secondary N) is 1. The number of carbonyl (C=O) groups excluding carboxylic acids is 1. The quantitative estimate of drug-likeness (QED) is 0.895. The van der Waals surface area contributed by atoms with Gasteiger partial charge in [-0.15, -0.1) is 11.3 Å². The highest BCUT2D eigenvalue weighted by Crippen LogP contribution is 2.40. The van der Waals surface area contributed by atoms with E-state index < -0.39 is 12.0 Å². The number of carbonyl (C=O) groups is 2. The third-order valence-electron chi connectivity index (χ3n) is 5.19. The van der Waals surface area contributed by atoms with Crippen LogP contribution in [-0.4, -0.2) is 44.2 Å². The van der Waals surface area contributed by atoms with Crippen LogP contribution in [0.2, 0.25) is 0 Å². The summed E-state index contributed by atoms with van der Waals surface area (Å²) in [6, 6.07) is 4.93. The Hall–Kier alpha value is -2.15. The van der Waals surface area contributed by atoms with E-state index in [2.05, 4.69) is 10.2 Å². The molecule has 0 radical (unpaired) electrons. The molecule has 2 N–H and O–H groups in total. The number of amides is 1. The number of rotatable bonds is 3. The van der Waals surface area contributed by atoms with Gasteiger partial charge in [0.05, 0.1) is 10.6 Å². The van der Waals surface area contributed by atoms with Crippen LogP contribution < -0.4 is 0 Å². The Balaban J connectivity index is 1.63. The van der Waals surface area contributed by atoms with Gasteiger partial charge in [0, 0.05) is 6.04 Å². The van der Waals surface area contributed by atoms with Crippen LogP contribution in [0.5, 0.6) is 0 Å². The zero-order valence-corrected chi connectivity index (χ0v) is 14.0. The number of aromatic amines is 1. The zero-order valence-electron chi connectivity index (χ0n) is 13.1. The van der Waals surface area contributed by atoms with Gasteiger partial charge >= 0.3 is 5.97 Å². The zero-order chi connectivity index (χ0) is 16.7. The number of hydrogen-bond donors (Lipinski definition) is 2. The molecule has 126 valence electrons. The molecule has 2 aromatic heterocycles. The lowest BCUT2D eigenvalue weighted by molar-refractivity contribution is -0.141. The van der Waals surface area contributed by atoms with E-state index in [1.54, 1.807) is 22.3 Å². The second-order valence-electron chi connectivity index (χ2n) is 6.56. The predicted octanol–water partition coefficient (Wildman–Crippen LogP) is 3.00. The van der Waals surface area contributed by atoms with Gasteiger partial charge in [-0.05, 0) is 42.7 Å². The molecule has 2 aliphatic rings. The standard InChI is InChI=1S/C17H19N3O3S/c21-16(12-9-11(18-19-12)15-6-3-7-24-15)20-13-5-2-1-4-10(13)8-14(20)17(22)23/h3,6-7,9-10,13-14H,1-2,4-5,8H2,(H,18,19)(H,22,23). The summed E-state index contributed by atoms with van der Waals surface area (Å²) < 4.78 is 0. The summed E-state index contributed by atoms with van der Waals surface area (Å²) in [6.07, 6.45) is 4.65. The molecule has 3 unspecified atom stereocenters. The minimum Gasteiger partial charge on any atom is -0.480 e. The van der Waals surface area contributed by atoms with Crippen molar-refractivity contribution in [3.8, 4) is 10.6 Å². The molecule has 1 aliphatic carbocycles. The Morgan fingerprint density at radius 1 is 1.33 bits per heavy atom. The summed E-state index contributed by atoms with van der Waals surface area (Å²) in [6.45, 7) is 0. The topological polar surface area (TPSA) is 86.3 Å². The maximum Gasteiger partial charge on any atom is 0.326 e. The van der Waals surface area contributed by atoms with Crippen molar-refractivity contribution in [2.75, 3.05) is 0 Å². The Morgan fingerprint density at radius 3 is 2.92 bits per heavy atom. The second kappa shape index (κ2) is 6.05. The van der Waals surface area contributed by atoms with Gasteiger partial charge in [0.15, 0.2) is 5.69 Å². The highest BCUT2D eigenvalue weighted by atomic mass is 32.1. The minimum absolute atomic E-state index is 0.0363. The summed E-state index contributed by atoms with van der Waals surface area (Å²) in [4.78, 5) is 27.2. The Labute approximate surface area is 143 Å². The number of likely N-dealkylation sites (tertiary alicyclic amines) is 1. The first-order valence-corrected chi connectivity index (χ1v) is 9.18. The number of fused-ring (bicyclic) bond motifs is 1. The van der Waals surface area contributed by atoms with Crippen LogP contribution in [0.4, 0.5) is 0 Å². The van der Waals surface area contributed by atoms with Gasteiger partial charge in [-0.2, -0.15) is 5.10 Å². The smallest absolute Gasteiger partial charge is 0.326 e. The summed E-state index contributed by atoms with van der Waals surface area (Å²) in [5.41, 5.74) is 1.09. The molecule has 7 heteroatoms. The predicted molar refractivity (Wildman–Crippen MR) is 89.9 cm³/mol. The molecule has 1 saturated carbocycles. The average Bonchev–Trinajstić information content (AvgIpc) is 3.31. The molecule has 1 amide bonds. The third-order valence-corrected chi connectivity index (χ3v) is 6.09. The minimum atomic E-state index is -0.910. The number of hydrogen-bond acceptors (Lipinski definition) is 4. The normalized spacial score (nSPS) is 26.3. The van der Waals surface area contributed by atoms with Gasteiger partial charge in [-0.3, -0.25) is 9.89 Å². The molecule has 24 heavy (non-hydrogen) atoms. The second-order valence-corrected chi connectivity index (χ2v) is 7.51. The van der Waals surface area contributed by atoms with Crippen molar-refractivity contribution in [2.24, 2.45) is 5.92 Å². The van der Waals surface area contributed by atoms with Crippen molar-refractivity contribution in [3.05, 3.63) is 29.3 Å². The molecule has 3 atom stereocenters. The fraction of sp³-hybridized carbons (Fsp3) is 0.471. The lowest BCUT2D eigenvalue weighted by Crippen LogP contribution is -2.46. The number of thiophene rings is 1. The SMILES string of the molecule is O=C(O)C1CC2CCCCC2N1C(=O)c1cc(-c2cccs2)[nH]n1. The molecule has 4 rings (SSSR count). The number of carboxylic acid groups (broad SMARTS) is 1. The molecular weight excluding hydrogens is 326 g/mol. The maximum absolute atomic E-state index is 13.0. The average molecular weight is 345 g/mol. The number of H-pyrrole nitrogens is 1. The van der Waals surface area contributed by atoms with Gasteiger partial charge in [0.1, 0.15) is 6.04 Å². The first-order valence-electron chi connectivity index (χ1n) is 8.30. The number of aromatic nitrogens is 2. The fourth-order valence-electron chi connectivity index (χ4n) is 4.09. The summed E-state index contributed by atoms with van der Waals surface area (Å²) in [5, 5.41) is 18.6. The Kier molecular flexibility index (Phi) is 3.88. The molecule has 0 spiro atoms. The van der Waals surface area contributed by atoms with Crippen molar-refractivity contribution >= 4 is 23.2 Å². The van der Waals surface area contributed by atoms with E-state index in [9.17, 15) is 14.7 Å². The number of nitrogens with zero attached hydrogens (tertiary/aromatic N) is 2. The lowest BCUT2D eigenvalue weighted by Gasteiger charge is -2.32. The molecule has 6 nitrogen and oxygen atoms in total. The first kappa shape index (κ1) is 15.4. The van der Waals surface area contributed by atoms with Crippen LogP contribution in [0.3, 0.4) is 0 Å². The summed E-state index contributed by atoms with van der Waals surface area (Å²) >= 11 is 1.57. The van der Waals surface area contributed by atoms with Crippen molar-refractivity contribution in [3.63, 3.8) is 0 Å². The summed E-state index contributed by atoms with van der Waals surface area (Å²) in [7, 11) is 0. The molecule has 1 saturated heterocycles. The van der Waals surface area contributed by atoms with Gasteiger partial charge in [0.25, 0.3) is 5.91 Å². The van der Waals surface area contributed by atoms with Crippen LogP contribution in [0.15, 0.2) is 23.6 Å². The molecule has 0 aromatic carbocycles. The summed E-state index contributed by atoms with van der Waals surface area (Å²) in [5.74, 6) is -0.873. The highest BCUT2D eigenvalue weighted by Gasteiger charge is 2.48. The van der Waals surface area contributed by atoms with Gasteiger partial charge < -0.3 is 10.0 Å². The van der Waals surface area contributed by atoms with Gasteiger partial charge in [0.2, 0.25) is 0 Å². The fourth-order valence-corrected chi connectivity index (χ4v) is 4.79. The third kappa shape index (κ3) is 2.53. The van der Waals surface area contributed by atoms with Crippen LogP contribution in [0.25, 0.3) is 10.6 Å². The van der Waals surface area contributed by atoms with Crippen LogP contribution in [0.1, 0.15) is 42.6 Å². The Bertz CT molecular complexity index is 755. The van der Waals surface area contributed by atoms with E-state index >= 15 is 0 Å². The van der Waals surface area contributed by atoms with E-state index in [1.165, 1.54) is 0 Å². The van der Waals surface area contributed by atoms with E-state index in [-0.39, 0.29) is 11.9 Å².